The first kappa shape index (κ1) is 5.97. The molecule has 5 atom stereocenters. The number of aliphatic hydroxyl groups excluding tert-OH is 1. The van der Waals surface area contributed by atoms with E-state index in [2.05, 4.69) is 0 Å². The molecule has 60 valence electrons. The van der Waals surface area contributed by atoms with E-state index in [9.17, 15) is 9.90 Å². The number of esters is 1. The Kier molecular flexibility index (Phi) is 0.863. The van der Waals surface area contributed by atoms with Crippen molar-refractivity contribution in [2.24, 2.45) is 5.92 Å². The fourth-order valence-electron chi connectivity index (χ4n) is 2.26. The zero-order valence-electron chi connectivity index (χ0n) is 5.77. The first-order valence-corrected chi connectivity index (χ1v) is 3.81. The highest BCUT2D eigenvalue weighted by atomic mass is 16.6. The van der Waals surface area contributed by atoms with Crippen LogP contribution in [0, 0.1) is 5.92 Å². The number of carbonyl (C=O) groups is 1. The molecule has 0 aromatic carbocycles. The highest BCUT2D eigenvalue weighted by molar-refractivity contribution is 5.77. The van der Waals surface area contributed by atoms with Gasteiger partial charge in [0.25, 0.3) is 0 Å². The van der Waals surface area contributed by atoms with Gasteiger partial charge in [-0.05, 0) is 6.42 Å². The number of fused-ring (bicyclic) bond motifs is 1. The largest absolute Gasteiger partial charge is 0.456 e. The lowest BCUT2D eigenvalue weighted by Gasteiger charge is -2.15. The van der Waals surface area contributed by atoms with Gasteiger partial charge in [-0.25, -0.2) is 0 Å². The molecule has 3 heterocycles. The molecule has 0 aromatic heterocycles. The topological polar surface area (TPSA) is 55.8 Å². The van der Waals surface area contributed by atoms with E-state index in [0.717, 1.165) is 0 Å². The van der Waals surface area contributed by atoms with Crippen LogP contribution in [0.1, 0.15) is 6.42 Å². The van der Waals surface area contributed by atoms with Gasteiger partial charge in [-0.3, -0.25) is 4.79 Å². The van der Waals surface area contributed by atoms with Crippen molar-refractivity contribution in [2.45, 2.75) is 30.8 Å². The van der Waals surface area contributed by atoms with Crippen LogP contribution >= 0.6 is 0 Å². The highest BCUT2D eigenvalue weighted by Crippen LogP contribution is 2.45. The fraction of sp³-hybridized carbons (Fsp3) is 0.857. The number of hydrogen-bond donors (Lipinski definition) is 1. The van der Waals surface area contributed by atoms with Gasteiger partial charge in [0.2, 0.25) is 0 Å². The molecule has 3 aliphatic rings. The Labute approximate surface area is 63.1 Å². The summed E-state index contributed by atoms with van der Waals surface area (Å²) in [4.78, 5) is 11.0. The molecule has 0 aliphatic carbocycles. The summed E-state index contributed by atoms with van der Waals surface area (Å²) in [6, 6.07) is 0. The fourth-order valence-corrected chi connectivity index (χ4v) is 2.26. The lowest BCUT2D eigenvalue weighted by Crippen LogP contribution is -2.36. The predicted octanol–water partition coefficient (Wildman–Crippen LogP) is -0.940. The van der Waals surface area contributed by atoms with Crippen molar-refractivity contribution in [3.63, 3.8) is 0 Å². The van der Waals surface area contributed by atoms with Crippen LogP contribution in [-0.2, 0) is 14.3 Å². The van der Waals surface area contributed by atoms with Gasteiger partial charge in [0.1, 0.15) is 12.2 Å². The summed E-state index contributed by atoms with van der Waals surface area (Å²) in [5.74, 6) is -0.285. The van der Waals surface area contributed by atoms with Crippen molar-refractivity contribution in [1.82, 2.24) is 0 Å². The van der Waals surface area contributed by atoms with Crippen LogP contribution in [-0.4, -0.2) is 35.5 Å². The number of hydrogen-bond acceptors (Lipinski definition) is 4. The maximum absolute atomic E-state index is 11.0. The van der Waals surface area contributed by atoms with Gasteiger partial charge in [-0.1, -0.05) is 0 Å². The average molecular weight is 156 g/mol. The van der Waals surface area contributed by atoms with Crippen molar-refractivity contribution in [3.05, 3.63) is 0 Å². The average Bonchev–Trinajstić information content (AvgIpc) is 2.53. The monoisotopic (exact) mass is 156 g/mol. The Balaban J connectivity index is 2.04. The molecular weight excluding hydrogens is 148 g/mol. The molecule has 4 heteroatoms. The maximum atomic E-state index is 11.0. The SMILES string of the molecule is O=C1O[C@@H]2[C@H](O)[C@H]3C[C@H]1[C@@H]2O3. The predicted molar refractivity (Wildman–Crippen MR) is 32.7 cm³/mol. The minimum absolute atomic E-state index is 0.0894. The van der Waals surface area contributed by atoms with Gasteiger partial charge in [-0.15, -0.1) is 0 Å². The third-order valence-electron chi connectivity index (χ3n) is 2.81. The lowest BCUT2D eigenvalue weighted by molar-refractivity contribution is -0.145. The van der Waals surface area contributed by atoms with Crippen LogP contribution in [0.3, 0.4) is 0 Å². The van der Waals surface area contributed by atoms with Crippen molar-refractivity contribution in [2.75, 3.05) is 0 Å². The summed E-state index contributed by atoms with van der Waals surface area (Å²) < 4.78 is 10.3. The minimum Gasteiger partial charge on any atom is -0.456 e. The normalized spacial score (nSPS) is 58.6. The summed E-state index contributed by atoms with van der Waals surface area (Å²) in [5, 5.41) is 9.42. The van der Waals surface area contributed by atoms with Crippen LogP contribution in [0.2, 0.25) is 0 Å². The van der Waals surface area contributed by atoms with Crippen LogP contribution < -0.4 is 0 Å². The van der Waals surface area contributed by atoms with E-state index in [0.29, 0.717) is 6.42 Å². The van der Waals surface area contributed by atoms with Gasteiger partial charge in [0.05, 0.1) is 12.0 Å². The van der Waals surface area contributed by atoms with Gasteiger partial charge < -0.3 is 14.6 Å². The third kappa shape index (κ3) is 0.520. The van der Waals surface area contributed by atoms with E-state index in [1.807, 2.05) is 0 Å². The third-order valence-corrected chi connectivity index (χ3v) is 2.81. The molecule has 11 heavy (non-hydrogen) atoms. The summed E-state index contributed by atoms with van der Waals surface area (Å²) in [6.45, 7) is 0. The summed E-state index contributed by atoms with van der Waals surface area (Å²) in [7, 11) is 0. The molecule has 4 nitrogen and oxygen atoms in total. The van der Waals surface area contributed by atoms with E-state index >= 15 is 0 Å². The van der Waals surface area contributed by atoms with Gasteiger partial charge in [0.15, 0.2) is 6.10 Å². The van der Waals surface area contributed by atoms with Crippen molar-refractivity contribution >= 4 is 5.97 Å². The Morgan fingerprint density at radius 3 is 2.91 bits per heavy atom. The molecule has 3 fully saturated rings. The molecule has 0 spiro atoms. The first-order chi connectivity index (χ1) is 5.27. The Hall–Kier alpha value is -0.610. The molecule has 1 N–H and O–H groups in total. The maximum Gasteiger partial charge on any atom is 0.312 e. The van der Waals surface area contributed by atoms with Gasteiger partial charge in [-0.2, -0.15) is 0 Å². The Morgan fingerprint density at radius 1 is 1.45 bits per heavy atom. The van der Waals surface area contributed by atoms with E-state index in [1.54, 1.807) is 0 Å². The van der Waals surface area contributed by atoms with E-state index in [1.165, 1.54) is 0 Å². The van der Waals surface area contributed by atoms with Crippen LogP contribution in [0.15, 0.2) is 0 Å². The molecule has 3 rings (SSSR count). The van der Waals surface area contributed by atoms with Crippen LogP contribution in [0.25, 0.3) is 0 Å². The summed E-state index contributed by atoms with van der Waals surface area (Å²) >= 11 is 0. The van der Waals surface area contributed by atoms with E-state index in [4.69, 9.17) is 9.47 Å². The second kappa shape index (κ2) is 1.59. The van der Waals surface area contributed by atoms with E-state index < -0.39 is 6.10 Å². The molecule has 2 bridgehead atoms. The van der Waals surface area contributed by atoms with Crippen molar-refractivity contribution in [1.29, 1.82) is 0 Å². The number of rotatable bonds is 0. The molecule has 3 aliphatic heterocycles. The van der Waals surface area contributed by atoms with Crippen molar-refractivity contribution < 1.29 is 19.4 Å². The Morgan fingerprint density at radius 2 is 2.27 bits per heavy atom. The quantitative estimate of drug-likeness (QED) is 0.460. The molecule has 0 aromatic rings. The molecule has 0 amide bonds. The van der Waals surface area contributed by atoms with Crippen molar-refractivity contribution in [3.8, 4) is 0 Å². The minimum atomic E-state index is -0.581. The Bertz CT molecular complexity index is 226. The molecule has 0 radical (unpaired) electrons. The smallest absolute Gasteiger partial charge is 0.312 e. The second-order valence-corrected chi connectivity index (χ2v) is 3.37. The molecule has 3 saturated heterocycles. The first-order valence-electron chi connectivity index (χ1n) is 3.81. The zero-order chi connectivity index (χ0) is 7.59. The summed E-state index contributed by atoms with van der Waals surface area (Å²) in [5.41, 5.74) is 0. The molecule has 0 unspecified atom stereocenters. The highest BCUT2D eigenvalue weighted by Gasteiger charge is 2.63. The van der Waals surface area contributed by atoms with Gasteiger partial charge >= 0.3 is 5.97 Å². The van der Waals surface area contributed by atoms with Gasteiger partial charge in [0, 0.05) is 0 Å². The number of carbonyl (C=O) groups excluding carboxylic acids is 1. The standard InChI is InChI=1S/C7H8O4/c8-4-3-1-2-5(10-3)6(4)11-7(2)9/h2-6,8H,1H2/t2-,3+,4+,5-,6+/m0/s1. The number of ether oxygens (including phenoxy) is 2. The van der Waals surface area contributed by atoms with Crippen LogP contribution in [0.4, 0.5) is 0 Å². The zero-order valence-corrected chi connectivity index (χ0v) is 5.77. The number of aliphatic hydroxyl groups is 1. The molecular formula is C7H8O4. The summed E-state index contributed by atoms with van der Waals surface area (Å²) in [6.07, 6.45) is -0.612. The second-order valence-electron chi connectivity index (χ2n) is 3.37. The lowest BCUT2D eigenvalue weighted by atomic mass is 9.88. The van der Waals surface area contributed by atoms with Crippen LogP contribution in [0.5, 0.6) is 0 Å². The molecule has 0 saturated carbocycles. The van der Waals surface area contributed by atoms with E-state index in [-0.39, 0.29) is 30.2 Å².